The third-order valence-electron chi connectivity index (χ3n) is 5.64. The van der Waals surface area contributed by atoms with Gasteiger partial charge in [-0.3, -0.25) is 24.6 Å². The molecule has 1 aromatic carbocycles. The first-order valence-electron chi connectivity index (χ1n) is 9.87. The summed E-state index contributed by atoms with van der Waals surface area (Å²) in [5.74, 6) is -0.751. The molecule has 3 aliphatic heterocycles. The second-order valence-electron chi connectivity index (χ2n) is 7.92. The minimum Gasteiger partial charge on any atom is -0.391 e. The number of piperidine rings is 1. The molecular formula is C21H26N4O3. The van der Waals surface area contributed by atoms with Crippen LogP contribution in [0.25, 0.3) is 0 Å². The van der Waals surface area contributed by atoms with Gasteiger partial charge in [0.1, 0.15) is 6.04 Å². The van der Waals surface area contributed by atoms with Gasteiger partial charge in [0.2, 0.25) is 11.8 Å². The molecule has 1 fully saturated rings. The molecule has 7 nitrogen and oxygen atoms in total. The number of imide groups is 1. The summed E-state index contributed by atoms with van der Waals surface area (Å²) in [6.45, 7) is 3.13. The van der Waals surface area contributed by atoms with Crippen molar-refractivity contribution in [2.75, 3.05) is 20.1 Å². The van der Waals surface area contributed by atoms with Crippen molar-refractivity contribution >= 4 is 17.7 Å². The number of hydrogen-bond acceptors (Lipinski definition) is 5. The molecule has 3 amide bonds. The van der Waals surface area contributed by atoms with Crippen LogP contribution >= 0.6 is 0 Å². The van der Waals surface area contributed by atoms with Crippen LogP contribution in [0.5, 0.6) is 0 Å². The van der Waals surface area contributed by atoms with Crippen molar-refractivity contribution in [3.63, 3.8) is 0 Å². The van der Waals surface area contributed by atoms with E-state index in [4.69, 9.17) is 0 Å². The van der Waals surface area contributed by atoms with E-state index in [-0.39, 0.29) is 24.1 Å². The number of hydrogen-bond donors (Lipinski definition) is 2. The zero-order valence-electron chi connectivity index (χ0n) is 16.2. The molecule has 0 aromatic heterocycles. The molecule has 2 N–H and O–H groups in total. The third-order valence-corrected chi connectivity index (χ3v) is 5.64. The fraction of sp³-hybridized carbons (Fsp3) is 0.476. The lowest BCUT2D eigenvalue weighted by atomic mass is 10.0. The molecule has 0 aliphatic carbocycles. The van der Waals surface area contributed by atoms with Crippen LogP contribution in [0.4, 0.5) is 0 Å². The van der Waals surface area contributed by atoms with Gasteiger partial charge in [-0.15, -0.1) is 0 Å². The maximum atomic E-state index is 12.9. The Morgan fingerprint density at radius 2 is 2.04 bits per heavy atom. The van der Waals surface area contributed by atoms with Gasteiger partial charge in [-0.05, 0) is 55.3 Å². The van der Waals surface area contributed by atoms with Gasteiger partial charge in [0.15, 0.2) is 0 Å². The summed E-state index contributed by atoms with van der Waals surface area (Å²) in [5, 5.41) is 5.63. The molecule has 1 aromatic rings. The zero-order chi connectivity index (χ0) is 19.7. The van der Waals surface area contributed by atoms with Crippen LogP contribution in [-0.4, -0.2) is 53.7 Å². The van der Waals surface area contributed by atoms with Crippen LogP contribution in [0.1, 0.15) is 47.2 Å². The highest BCUT2D eigenvalue weighted by Gasteiger charge is 2.39. The number of nitrogens with zero attached hydrogens (tertiary/aromatic N) is 2. The number of nitrogens with one attached hydrogen (secondary N) is 2. The topological polar surface area (TPSA) is 81.8 Å². The van der Waals surface area contributed by atoms with Crippen LogP contribution in [0.2, 0.25) is 0 Å². The van der Waals surface area contributed by atoms with Gasteiger partial charge in [-0.2, -0.15) is 0 Å². The highest BCUT2D eigenvalue weighted by Crippen LogP contribution is 2.28. The molecular weight excluding hydrogens is 356 g/mol. The van der Waals surface area contributed by atoms with E-state index >= 15 is 0 Å². The summed E-state index contributed by atoms with van der Waals surface area (Å²) >= 11 is 0. The standard InChI is InChI=1S/C21H26N4O3/c1-24(12-15-3-2-8-22-10-15)11-14-4-5-16-13-25(21(28)17(16)9-14)18-6-7-19(26)23-20(18)27/h4-5,9-10,18,22H,2-3,6-8,11-13H2,1H3,(H,23,26,27). The summed E-state index contributed by atoms with van der Waals surface area (Å²) in [6, 6.07) is 5.44. The van der Waals surface area contributed by atoms with Crippen LogP contribution in [0.3, 0.4) is 0 Å². The molecule has 1 atom stereocenters. The van der Waals surface area contributed by atoms with Gasteiger partial charge in [-0.1, -0.05) is 12.1 Å². The van der Waals surface area contributed by atoms with Crippen LogP contribution in [0.15, 0.2) is 30.0 Å². The Kier molecular flexibility index (Phi) is 5.17. The summed E-state index contributed by atoms with van der Waals surface area (Å²) in [4.78, 5) is 40.3. The summed E-state index contributed by atoms with van der Waals surface area (Å²) in [6.07, 6.45) is 5.08. The fourth-order valence-electron chi connectivity index (χ4n) is 4.25. The lowest BCUT2D eigenvalue weighted by Crippen LogP contribution is -2.52. The molecule has 3 heterocycles. The lowest BCUT2D eigenvalue weighted by molar-refractivity contribution is -0.136. The second kappa shape index (κ2) is 7.75. The number of carbonyl (C=O) groups excluding carboxylic acids is 3. The monoisotopic (exact) mass is 382 g/mol. The Labute approximate surface area is 164 Å². The first-order chi connectivity index (χ1) is 13.5. The normalized spacial score (nSPS) is 22.1. The minimum absolute atomic E-state index is 0.117. The number of likely N-dealkylation sites (N-methyl/N-ethyl adjacent to an activating group) is 1. The van der Waals surface area contributed by atoms with Gasteiger partial charge < -0.3 is 10.2 Å². The van der Waals surface area contributed by atoms with Crippen molar-refractivity contribution in [3.05, 3.63) is 46.7 Å². The molecule has 0 radical (unpaired) electrons. The van der Waals surface area contributed by atoms with Crippen molar-refractivity contribution < 1.29 is 14.4 Å². The van der Waals surface area contributed by atoms with Crippen molar-refractivity contribution in [1.82, 2.24) is 20.4 Å². The number of benzene rings is 1. The number of carbonyl (C=O) groups is 3. The van der Waals surface area contributed by atoms with Gasteiger partial charge in [0, 0.05) is 38.2 Å². The molecule has 0 bridgehead atoms. The first-order valence-corrected chi connectivity index (χ1v) is 9.87. The van der Waals surface area contributed by atoms with E-state index in [9.17, 15) is 14.4 Å². The molecule has 3 aliphatic rings. The van der Waals surface area contributed by atoms with Gasteiger partial charge in [-0.25, -0.2) is 0 Å². The largest absolute Gasteiger partial charge is 0.391 e. The van der Waals surface area contributed by atoms with E-state index < -0.39 is 6.04 Å². The highest BCUT2D eigenvalue weighted by molar-refractivity contribution is 6.05. The Balaban J connectivity index is 1.43. The molecule has 148 valence electrons. The predicted molar refractivity (Wildman–Crippen MR) is 104 cm³/mol. The summed E-state index contributed by atoms with van der Waals surface area (Å²) in [7, 11) is 2.08. The smallest absolute Gasteiger partial charge is 0.255 e. The maximum absolute atomic E-state index is 12.9. The van der Waals surface area contributed by atoms with Gasteiger partial charge in [0.05, 0.1) is 0 Å². The molecule has 4 rings (SSSR count). The summed E-state index contributed by atoms with van der Waals surface area (Å²) < 4.78 is 0. The van der Waals surface area contributed by atoms with Gasteiger partial charge >= 0.3 is 0 Å². The fourth-order valence-corrected chi connectivity index (χ4v) is 4.25. The lowest BCUT2D eigenvalue weighted by Gasteiger charge is -2.29. The summed E-state index contributed by atoms with van der Waals surface area (Å²) in [5.41, 5.74) is 4.11. The quantitative estimate of drug-likeness (QED) is 0.747. The van der Waals surface area contributed by atoms with Crippen LogP contribution in [0, 0.1) is 0 Å². The Bertz CT molecular complexity index is 848. The molecule has 0 spiro atoms. The predicted octanol–water partition coefficient (Wildman–Crippen LogP) is 1.15. The molecule has 1 saturated heterocycles. The number of fused-ring (bicyclic) bond motifs is 1. The SMILES string of the molecule is CN(CC1=CNCCC1)Cc1ccc2c(c1)C(=O)N(C1CCC(=O)NC1=O)C2. The third kappa shape index (κ3) is 3.80. The van der Waals surface area contributed by atoms with Crippen molar-refractivity contribution in [2.45, 2.75) is 44.8 Å². The van der Waals surface area contributed by atoms with E-state index in [1.165, 1.54) is 12.0 Å². The van der Waals surface area contributed by atoms with Crippen molar-refractivity contribution in [3.8, 4) is 0 Å². The van der Waals surface area contributed by atoms with Crippen LogP contribution < -0.4 is 10.6 Å². The molecule has 7 heteroatoms. The Hall–Kier alpha value is -2.67. The second-order valence-corrected chi connectivity index (χ2v) is 7.92. The van der Waals surface area contributed by atoms with E-state index in [1.54, 1.807) is 4.90 Å². The van der Waals surface area contributed by atoms with E-state index in [0.29, 0.717) is 18.5 Å². The zero-order valence-corrected chi connectivity index (χ0v) is 16.2. The molecule has 28 heavy (non-hydrogen) atoms. The minimum atomic E-state index is -0.561. The molecule has 0 saturated carbocycles. The number of rotatable bonds is 5. The Morgan fingerprint density at radius 3 is 2.79 bits per heavy atom. The average Bonchev–Trinajstić information content (AvgIpc) is 2.99. The molecule has 1 unspecified atom stereocenters. The van der Waals surface area contributed by atoms with E-state index in [2.05, 4.69) is 34.8 Å². The van der Waals surface area contributed by atoms with Gasteiger partial charge in [0.25, 0.3) is 5.91 Å². The highest BCUT2D eigenvalue weighted by atomic mass is 16.2. The van der Waals surface area contributed by atoms with E-state index in [0.717, 1.165) is 37.2 Å². The number of amides is 3. The van der Waals surface area contributed by atoms with Crippen molar-refractivity contribution in [2.24, 2.45) is 0 Å². The maximum Gasteiger partial charge on any atom is 0.255 e. The van der Waals surface area contributed by atoms with Crippen LogP contribution in [-0.2, 0) is 22.7 Å². The first kappa shape index (κ1) is 18.7. The van der Waals surface area contributed by atoms with Crippen molar-refractivity contribution in [1.29, 1.82) is 0 Å². The average molecular weight is 382 g/mol. The Morgan fingerprint density at radius 1 is 1.18 bits per heavy atom. The van der Waals surface area contributed by atoms with E-state index in [1.807, 2.05) is 12.1 Å².